The Morgan fingerprint density at radius 1 is 1.25 bits per heavy atom. The highest BCUT2D eigenvalue weighted by Gasteiger charge is 2.17. The van der Waals surface area contributed by atoms with Crippen molar-refractivity contribution in [2.75, 3.05) is 5.32 Å². The number of hydrogen-bond acceptors (Lipinski definition) is 4. The van der Waals surface area contributed by atoms with Gasteiger partial charge in [-0.25, -0.2) is 4.39 Å². The van der Waals surface area contributed by atoms with E-state index in [1.807, 2.05) is 24.5 Å². The van der Waals surface area contributed by atoms with Crippen molar-refractivity contribution < 1.29 is 13.6 Å². The average molecular weight is 328 g/mol. The summed E-state index contributed by atoms with van der Waals surface area (Å²) in [6.07, 6.45) is 0. The van der Waals surface area contributed by atoms with Crippen LogP contribution in [0.4, 0.5) is 10.1 Å². The van der Waals surface area contributed by atoms with E-state index in [1.54, 1.807) is 19.1 Å². The summed E-state index contributed by atoms with van der Waals surface area (Å²) in [4.78, 5) is 12.2. The Morgan fingerprint density at radius 3 is 2.71 bits per heavy atom. The number of hydrogen-bond donors (Lipinski definition) is 1. The monoisotopic (exact) mass is 328 g/mol. The van der Waals surface area contributed by atoms with Crippen molar-refractivity contribution in [2.24, 2.45) is 0 Å². The summed E-state index contributed by atoms with van der Waals surface area (Å²) in [5.74, 6) is 0.280. The van der Waals surface area contributed by atoms with Crippen molar-refractivity contribution in [1.82, 2.24) is 14.8 Å². The molecule has 6 nitrogen and oxygen atoms in total. The first kappa shape index (κ1) is 15.9. The summed E-state index contributed by atoms with van der Waals surface area (Å²) in [6.45, 7) is 5.62. The van der Waals surface area contributed by atoms with Crippen molar-refractivity contribution >= 4 is 11.6 Å². The molecule has 0 aliphatic heterocycles. The summed E-state index contributed by atoms with van der Waals surface area (Å²) < 4.78 is 20.5. The van der Waals surface area contributed by atoms with Crippen molar-refractivity contribution in [2.45, 2.75) is 27.3 Å². The molecule has 2 aromatic heterocycles. The van der Waals surface area contributed by atoms with Crippen molar-refractivity contribution in [3.63, 3.8) is 0 Å². The lowest BCUT2D eigenvalue weighted by Gasteiger charge is -2.10. The largest absolute Gasteiger partial charge is 0.421 e. The predicted molar refractivity (Wildman–Crippen MR) is 87.0 cm³/mol. The third kappa shape index (κ3) is 3.19. The second kappa shape index (κ2) is 6.27. The Labute approximate surface area is 138 Å². The molecule has 3 aromatic rings. The molecule has 0 spiro atoms. The van der Waals surface area contributed by atoms with E-state index >= 15 is 0 Å². The van der Waals surface area contributed by atoms with Gasteiger partial charge in [0.2, 0.25) is 17.7 Å². The Hall–Kier alpha value is -2.96. The number of amides is 1. The average Bonchev–Trinajstić information content (AvgIpc) is 3.06. The molecule has 7 heteroatoms. The molecule has 0 aliphatic carbocycles. The lowest BCUT2D eigenvalue weighted by atomic mass is 10.2. The number of carbonyl (C=O) groups excluding carboxylic acids is 1. The zero-order valence-electron chi connectivity index (χ0n) is 13.6. The molecule has 0 radical (unpaired) electrons. The summed E-state index contributed by atoms with van der Waals surface area (Å²) in [7, 11) is 0. The van der Waals surface area contributed by atoms with Crippen molar-refractivity contribution in [1.29, 1.82) is 0 Å². The zero-order valence-corrected chi connectivity index (χ0v) is 13.6. The predicted octanol–water partition coefficient (Wildman–Crippen LogP) is 3.24. The maximum absolute atomic E-state index is 13.2. The standard InChI is InChI=1S/C17H17FN4O2/c1-10-7-15(17-21-20-12(3)24-17)11(2)22(10)9-16(23)19-14-6-4-5-13(18)8-14/h4-8H,9H2,1-3H3,(H,19,23). The molecule has 3 rings (SSSR count). The molecule has 0 fully saturated rings. The number of anilines is 1. The van der Waals surface area contributed by atoms with Gasteiger partial charge in [-0.15, -0.1) is 10.2 Å². The first-order valence-corrected chi connectivity index (χ1v) is 7.46. The number of rotatable bonds is 4. The van der Waals surface area contributed by atoms with E-state index in [1.165, 1.54) is 12.1 Å². The third-order valence-electron chi connectivity index (χ3n) is 3.74. The molecule has 1 aromatic carbocycles. The second-order valence-corrected chi connectivity index (χ2v) is 5.56. The summed E-state index contributed by atoms with van der Waals surface area (Å²) in [5.41, 5.74) is 2.97. The fourth-order valence-corrected chi connectivity index (χ4v) is 2.58. The molecule has 0 atom stereocenters. The van der Waals surface area contributed by atoms with Gasteiger partial charge in [0.05, 0.1) is 5.56 Å². The number of nitrogens with zero attached hydrogens (tertiary/aromatic N) is 3. The topological polar surface area (TPSA) is 73.0 Å². The number of aromatic nitrogens is 3. The molecule has 0 saturated carbocycles. The van der Waals surface area contributed by atoms with Crippen LogP contribution in [-0.2, 0) is 11.3 Å². The summed E-state index contributed by atoms with van der Waals surface area (Å²) >= 11 is 0. The third-order valence-corrected chi connectivity index (χ3v) is 3.74. The van der Waals surface area contributed by atoms with Crippen LogP contribution in [0, 0.1) is 26.6 Å². The van der Waals surface area contributed by atoms with Crippen molar-refractivity contribution in [3.8, 4) is 11.5 Å². The smallest absolute Gasteiger partial charge is 0.249 e. The van der Waals surface area contributed by atoms with Crippen LogP contribution in [0.2, 0.25) is 0 Å². The van der Waals surface area contributed by atoms with Gasteiger partial charge in [0, 0.05) is 24.0 Å². The zero-order chi connectivity index (χ0) is 17.3. The lowest BCUT2D eigenvalue weighted by Crippen LogP contribution is -2.20. The molecule has 2 heterocycles. The van der Waals surface area contributed by atoms with E-state index in [9.17, 15) is 9.18 Å². The van der Waals surface area contributed by atoms with Crippen LogP contribution in [0.5, 0.6) is 0 Å². The van der Waals surface area contributed by atoms with E-state index < -0.39 is 5.82 Å². The molecular weight excluding hydrogens is 311 g/mol. The van der Waals surface area contributed by atoms with E-state index in [0.717, 1.165) is 17.0 Å². The van der Waals surface area contributed by atoms with E-state index in [0.29, 0.717) is 17.5 Å². The second-order valence-electron chi connectivity index (χ2n) is 5.56. The van der Waals surface area contributed by atoms with Crippen molar-refractivity contribution in [3.05, 3.63) is 53.4 Å². The lowest BCUT2D eigenvalue weighted by molar-refractivity contribution is -0.116. The van der Waals surface area contributed by atoms with Crippen LogP contribution in [-0.4, -0.2) is 20.7 Å². The number of nitrogens with one attached hydrogen (secondary N) is 1. The molecule has 0 aliphatic rings. The fourth-order valence-electron chi connectivity index (χ4n) is 2.58. The van der Waals surface area contributed by atoms with Crippen LogP contribution >= 0.6 is 0 Å². The van der Waals surface area contributed by atoms with E-state index in [2.05, 4.69) is 15.5 Å². The van der Waals surface area contributed by atoms with Crippen LogP contribution in [0.25, 0.3) is 11.5 Å². The maximum atomic E-state index is 13.2. The number of carbonyl (C=O) groups is 1. The highest BCUT2D eigenvalue weighted by Crippen LogP contribution is 2.25. The number of benzene rings is 1. The van der Waals surface area contributed by atoms with Crippen LogP contribution < -0.4 is 5.32 Å². The SMILES string of the molecule is Cc1nnc(-c2cc(C)n(CC(=O)Nc3cccc(F)c3)c2C)o1. The molecule has 24 heavy (non-hydrogen) atoms. The molecule has 0 unspecified atom stereocenters. The molecular formula is C17H17FN4O2. The maximum Gasteiger partial charge on any atom is 0.249 e. The Morgan fingerprint density at radius 2 is 2.04 bits per heavy atom. The van der Waals surface area contributed by atoms with Crippen LogP contribution in [0.1, 0.15) is 17.3 Å². The Balaban J connectivity index is 1.80. The quantitative estimate of drug-likeness (QED) is 0.798. The van der Waals surface area contributed by atoms with Gasteiger partial charge in [-0.2, -0.15) is 0 Å². The molecule has 0 saturated heterocycles. The molecule has 1 N–H and O–H groups in total. The van der Waals surface area contributed by atoms with Gasteiger partial charge in [-0.1, -0.05) is 6.07 Å². The molecule has 124 valence electrons. The normalized spacial score (nSPS) is 10.8. The van der Waals surface area contributed by atoms with E-state index in [4.69, 9.17) is 4.42 Å². The van der Waals surface area contributed by atoms with Gasteiger partial charge < -0.3 is 14.3 Å². The first-order chi connectivity index (χ1) is 11.4. The van der Waals surface area contributed by atoms with E-state index in [-0.39, 0.29) is 12.5 Å². The minimum atomic E-state index is -0.393. The Kier molecular flexibility index (Phi) is 4.16. The minimum absolute atomic E-state index is 0.112. The van der Waals surface area contributed by atoms with Crippen LogP contribution in [0.3, 0.4) is 0 Å². The van der Waals surface area contributed by atoms with Gasteiger partial charge >= 0.3 is 0 Å². The number of halogens is 1. The fraction of sp³-hybridized carbons (Fsp3) is 0.235. The highest BCUT2D eigenvalue weighted by atomic mass is 19.1. The summed E-state index contributed by atoms with van der Waals surface area (Å²) in [6, 6.07) is 7.70. The number of aryl methyl sites for hydroxylation is 2. The molecule has 1 amide bonds. The Bertz CT molecular complexity index is 898. The highest BCUT2D eigenvalue weighted by molar-refractivity contribution is 5.90. The van der Waals surface area contributed by atoms with Gasteiger partial charge in [0.1, 0.15) is 12.4 Å². The molecule has 0 bridgehead atoms. The van der Waals surface area contributed by atoms with Gasteiger partial charge in [0.25, 0.3) is 0 Å². The van der Waals surface area contributed by atoms with Gasteiger partial charge in [0.15, 0.2) is 0 Å². The van der Waals surface area contributed by atoms with Gasteiger partial charge in [-0.3, -0.25) is 4.79 Å². The van der Waals surface area contributed by atoms with Gasteiger partial charge in [-0.05, 0) is 38.1 Å². The first-order valence-electron chi connectivity index (χ1n) is 7.46. The minimum Gasteiger partial charge on any atom is -0.421 e. The summed E-state index contributed by atoms with van der Waals surface area (Å²) in [5, 5.41) is 10.5. The van der Waals surface area contributed by atoms with Crippen LogP contribution in [0.15, 0.2) is 34.7 Å².